The van der Waals surface area contributed by atoms with Gasteiger partial charge in [0, 0.05) is 0 Å². The first kappa shape index (κ1) is 6.75. The SMILES string of the molecule is FC1C(F)C(Br)C1Cl. The molecule has 0 saturated heterocycles. The van der Waals surface area contributed by atoms with Gasteiger partial charge in [0.15, 0.2) is 0 Å². The molecule has 0 aromatic carbocycles. The molecular weight excluding hydrogens is 201 g/mol. The Morgan fingerprint density at radius 1 is 1.25 bits per heavy atom. The van der Waals surface area contributed by atoms with Crippen LogP contribution in [0.5, 0.6) is 0 Å². The highest BCUT2D eigenvalue weighted by atomic mass is 79.9. The van der Waals surface area contributed by atoms with Crippen molar-refractivity contribution in [2.24, 2.45) is 0 Å². The topological polar surface area (TPSA) is 0 Å². The van der Waals surface area contributed by atoms with Gasteiger partial charge < -0.3 is 0 Å². The molecule has 0 spiro atoms. The van der Waals surface area contributed by atoms with Gasteiger partial charge in [-0.05, 0) is 0 Å². The summed E-state index contributed by atoms with van der Waals surface area (Å²) in [5, 5.41) is -0.676. The van der Waals surface area contributed by atoms with Crippen LogP contribution < -0.4 is 0 Å². The van der Waals surface area contributed by atoms with Crippen molar-refractivity contribution in [3.63, 3.8) is 0 Å². The van der Waals surface area contributed by atoms with E-state index in [1.165, 1.54) is 0 Å². The molecule has 48 valence electrons. The summed E-state index contributed by atoms with van der Waals surface area (Å²) in [6.07, 6.45) is -2.88. The van der Waals surface area contributed by atoms with Gasteiger partial charge in [0.25, 0.3) is 0 Å². The summed E-state index contributed by atoms with van der Waals surface area (Å²) in [7, 11) is 0. The van der Waals surface area contributed by atoms with Gasteiger partial charge in [-0.2, -0.15) is 0 Å². The van der Waals surface area contributed by atoms with Crippen LogP contribution in [0.15, 0.2) is 0 Å². The van der Waals surface area contributed by atoms with Crippen molar-refractivity contribution in [3.8, 4) is 0 Å². The molecule has 0 aliphatic heterocycles. The number of hydrogen-bond donors (Lipinski definition) is 0. The van der Waals surface area contributed by atoms with Crippen LogP contribution in [0.2, 0.25) is 0 Å². The number of hydrogen-bond acceptors (Lipinski definition) is 0. The molecule has 1 aliphatic rings. The van der Waals surface area contributed by atoms with Crippen LogP contribution in [0.25, 0.3) is 0 Å². The van der Waals surface area contributed by atoms with E-state index in [4.69, 9.17) is 11.6 Å². The van der Waals surface area contributed by atoms with Crippen molar-refractivity contribution in [2.45, 2.75) is 22.5 Å². The van der Waals surface area contributed by atoms with Crippen LogP contribution in [0.4, 0.5) is 8.78 Å². The molecule has 0 bridgehead atoms. The molecule has 0 amide bonds. The second-order valence-electron chi connectivity index (χ2n) is 1.78. The van der Waals surface area contributed by atoms with Crippen molar-refractivity contribution in [1.29, 1.82) is 0 Å². The molecular formula is C4H4BrClF2. The van der Waals surface area contributed by atoms with Gasteiger partial charge in [-0.15, -0.1) is 11.6 Å². The summed E-state index contributed by atoms with van der Waals surface area (Å²) < 4.78 is 24.1. The molecule has 0 aromatic heterocycles. The van der Waals surface area contributed by atoms with E-state index in [1.807, 2.05) is 0 Å². The Bertz CT molecular complexity index is 68.0. The van der Waals surface area contributed by atoms with Crippen molar-refractivity contribution in [2.75, 3.05) is 0 Å². The smallest absolute Gasteiger partial charge is 0.150 e. The molecule has 1 saturated carbocycles. The van der Waals surface area contributed by atoms with Crippen molar-refractivity contribution < 1.29 is 8.78 Å². The molecule has 0 N–H and O–H groups in total. The Morgan fingerprint density at radius 3 is 1.88 bits per heavy atom. The third kappa shape index (κ3) is 0.760. The zero-order valence-electron chi connectivity index (χ0n) is 3.82. The lowest BCUT2D eigenvalue weighted by atomic mass is 9.94. The lowest BCUT2D eigenvalue weighted by Crippen LogP contribution is -2.53. The molecule has 0 radical (unpaired) electrons. The molecule has 1 rings (SSSR count). The van der Waals surface area contributed by atoms with Crippen molar-refractivity contribution >= 4 is 27.5 Å². The molecule has 0 heterocycles. The van der Waals surface area contributed by atoms with Gasteiger partial charge in [-0.1, -0.05) is 15.9 Å². The second-order valence-corrected chi connectivity index (χ2v) is 3.34. The maximum absolute atomic E-state index is 12.0. The van der Waals surface area contributed by atoms with E-state index in [2.05, 4.69) is 15.9 Å². The van der Waals surface area contributed by atoms with Crippen LogP contribution in [-0.4, -0.2) is 22.5 Å². The highest BCUT2D eigenvalue weighted by Gasteiger charge is 2.49. The first-order valence-corrected chi connectivity index (χ1v) is 3.56. The summed E-state index contributed by atoms with van der Waals surface area (Å²) in [5.74, 6) is 0. The van der Waals surface area contributed by atoms with E-state index in [1.54, 1.807) is 0 Å². The van der Waals surface area contributed by atoms with E-state index in [-0.39, 0.29) is 0 Å². The fourth-order valence-corrected chi connectivity index (χ4v) is 1.42. The lowest BCUT2D eigenvalue weighted by Gasteiger charge is -2.35. The van der Waals surface area contributed by atoms with Crippen LogP contribution in [-0.2, 0) is 0 Å². The highest BCUT2D eigenvalue weighted by molar-refractivity contribution is 9.09. The molecule has 8 heavy (non-hydrogen) atoms. The van der Waals surface area contributed by atoms with Crippen LogP contribution in [0, 0.1) is 0 Å². The lowest BCUT2D eigenvalue weighted by molar-refractivity contribution is 0.0872. The van der Waals surface area contributed by atoms with Crippen LogP contribution >= 0.6 is 27.5 Å². The average Bonchev–Trinajstić information content (AvgIpc) is 1.83. The number of alkyl halides is 4. The summed E-state index contributed by atoms with van der Waals surface area (Å²) in [4.78, 5) is -0.487. The summed E-state index contributed by atoms with van der Waals surface area (Å²) in [5.41, 5.74) is 0. The van der Waals surface area contributed by atoms with Crippen molar-refractivity contribution in [1.82, 2.24) is 0 Å². The fourth-order valence-electron chi connectivity index (χ4n) is 0.557. The van der Waals surface area contributed by atoms with Crippen LogP contribution in [0.3, 0.4) is 0 Å². The minimum Gasteiger partial charge on any atom is -0.243 e. The Labute approximate surface area is 59.3 Å². The molecule has 1 fully saturated rings. The van der Waals surface area contributed by atoms with Gasteiger partial charge in [-0.3, -0.25) is 0 Å². The third-order valence-electron chi connectivity index (χ3n) is 1.22. The predicted molar refractivity (Wildman–Crippen MR) is 32.1 cm³/mol. The predicted octanol–water partition coefficient (Wildman–Crippen LogP) is 2.05. The van der Waals surface area contributed by atoms with E-state index < -0.39 is 22.5 Å². The molecule has 4 heteroatoms. The zero-order valence-corrected chi connectivity index (χ0v) is 6.16. The third-order valence-corrected chi connectivity index (χ3v) is 3.11. The molecule has 1 aliphatic carbocycles. The highest BCUT2D eigenvalue weighted by Crippen LogP contribution is 2.37. The molecule has 0 aromatic rings. The second kappa shape index (κ2) is 2.10. The van der Waals surface area contributed by atoms with Gasteiger partial charge in [0.1, 0.15) is 12.3 Å². The largest absolute Gasteiger partial charge is 0.243 e. The van der Waals surface area contributed by atoms with E-state index in [9.17, 15) is 8.78 Å². The fraction of sp³-hybridized carbons (Fsp3) is 1.00. The monoisotopic (exact) mass is 204 g/mol. The maximum Gasteiger partial charge on any atom is 0.150 e. The normalized spacial score (nSPS) is 55.5. The number of rotatable bonds is 0. The quantitative estimate of drug-likeness (QED) is 0.531. The van der Waals surface area contributed by atoms with Gasteiger partial charge in [-0.25, -0.2) is 8.78 Å². The van der Waals surface area contributed by atoms with Gasteiger partial charge >= 0.3 is 0 Å². The minimum absolute atomic E-state index is 0.487. The van der Waals surface area contributed by atoms with E-state index in [0.29, 0.717) is 0 Å². The van der Waals surface area contributed by atoms with Crippen LogP contribution in [0.1, 0.15) is 0 Å². The molecule has 4 unspecified atom stereocenters. The molecule has 4 atom stereocenters. The summed E-state index contributed by atoms with van der Waals surface area (Å²) in [6.45, 7) is 0. The first-order valence-electron chi connectivity index (χ1n) is 2.21. The number of halogens is 4. The first-order chi connectivity index (χ1) is 3.64. The summed E-state index contributed by atoms with van der Waals surface area (Å²) >= 11 is 8.17. The Balaban J connectivity index is 2.42. The van der Waals surface area contributed by atoms with E-state index >= 15 is 0 Å². The van der Waals surface area contributed by atoms with Gasteiger partial charge in [0.05, 0.1) is 10.2 Å². The Hall–Kier alpha value is 0.630. The van der Waals surface area contributed by atoms with Crippen molar-refractivity contribution in [3.05, 3.63) is 0 Å². The summed E-state index contributed by atoms with van der Waals surface area (Å²) in [6, 6.07) is 0. The zero-order chi connectivity index (χ0) is 6.31. The standard InChI is InChI=1S/C4H4BrClF2/c5-1-2(6)4(8)3(1)7/h1-4H. The maximum atomic E-state index is 12.0. The van der Waals surface area contributed by atoms with E-state index in [0.717, 1.165) is 0 Å². The Morgan fingerprint density at radius 2 is 1.75 bits per heavy atom. The average molecular weight is 205 g/mol. The van der Waals surface area contributed by atoms with Gasteiger partial charge in [0.2, 0.25) is 0 Å². The Kier molecular flexibility index (Phi) is 1.77. The minimum atomic E-state index is -1.47. The molecule has 0 nitrogen and oxygen atoms in total.